The van der Waals surface area contributed by atoms with Crippen molar-refractivity contribution in [3.63, 3.8) is 0 Å². The van der Waals surface area contributed by atoms with Gasteiger partial charge in [0.2, 0.25) is 11.8 Å². The molecule has 2 N–H and O–H groups in total. The van der Waals surface area contributed by atoms with E-state index < -0.39 is 0 Å². The second-order valence-corrected chi connectivity index (χ2v) is 17.0. The van der Waals surface area contributed by atoms with Crippen molar-refractivity contribution in [3.05, 3.63) is 88.4 Å². The van der Waals surface area contributed by atoms with Gasteiger partial charge in [-0.2, -0.15) is 5.26 Å². The number of anilines is 3. The van der Waals surface area contributed by atoms with Crippen molar-refractivity contribution < 1.29 is 14.4 Å². The van der Waals surface area contributed by atoms with E-state index in [2.05, 4.69) is 61.7 Å². The number of nitrogens with zero attached hydrogens (tertiary/aromatic N) is 5. The van der Waals surface area contributed by atoms with Gasteiger partial charge in [0, 0.05) is 74.9 Å². The van der Waals surface area contributed by atoms with Crippen molar-refractivity contribution in [1.29, 1.82) is 5.26 Å². The number of rotatable bonds is 8. The van der Waals surface area contributed by atoms with Crippen molar-refractivity contribution in [2.45, 2.75) is 69.7 Å². The van der Waals surface area contributed by atoms with E-state index in [9.17, 15) is 19.6 Å². The third-order valence-corrected chi connectivity index (χ3v) is 13.4. The molecule has 0 radical (unpaired) electrons. The molecule has 5 aliphatic rings. The van der Waals surface area contributed by atoms with E-state index in [1.165, 1.54) is 17.7 Å². The number of nitrogens with one attached hydrogen (secondary N) is 2. The van der Waals surface area contributed by atoms with Gasteiger partial charge in [-0.25, -0.2) is 0 Å². The van der Waals surface area contributed by atoms with Crippen LogP contribution in [0.1, 0.15) is 85.2 Å². The minimum absolute atomic E-state index is 0.145. The number of nitriles is 1. The Balaban J connectivity index is 0.756. The number of carbonyl (C=O) groups is 3. The van der Waals surface area contributed by atoms with E-state index in [0.717, 1.165) is 114 Å². The predicted octanol–water partition coefficient (Wildman–Crippen LogP) is 6.66. The lowest BCUT2D eigenvalue weighted by Gasteiger charge is -2.40. The van der Waals surface area contributed by atoms with Gasteiger partial charge in [0.25, 0.3) is 5.91 Å². The molecule has 5 fully saturated rings. The summed E-state index contributed by atoms with van der Waals surface area (Å²) in [6.07, 6.45) is 8.66. The highest BCUT2D eigenvalue weighted by atomic mass is 35.5. The molecule has 55 heavy (non-hydrogen) atoms. The fourth-order valence-electron chi connectivity index (χ4n) is 9.64. The first-order valence-corrected chi connectivity index (χ1v) is 20.6. The van der Waals surface area contributed by atoms with Crippen molar-refractivity contribution >= 4 is 46.4 Å². The molecule has 5 saturated heterocycles. The smallest absolute Gasteiger partial charge is 0.253 e. The fourth-order valence-corrected chi connectivity index (χ4v) is 9.86. The topological polar surface area (TPSA) is 112 Å². The molecular formula is C44H52ClN7O3. The molecule has 288 valence electrons. The van der Waals surface area contributed by atoms with Gasteiger partial charge in [-0.05, 0) is 142 Å². The highest BCUT2D eigenvalue weighted by Crippen LogP contribution is 2.43. The number of hydrogen-bond donors (Lipinski definition) is 2. The third kappa shape index (κ3) is 8.48. The normalized spacial score (nSPS) is 22.5. The van der Waals surface area contributed by atoms with Gasteiger partial charge < -0.3 is 24.9 Å². The number of benzene rings is 3. The number of piperidine rings is 4. The van der Waals surface area contributed by atoms with Crippen molar-refractivity contribution in [1.82, 2.24) is 15.1 Å². The number of carbonyl (C=O) groups excluding carboxylic acids is 3. The molecule has 0 bridgehead atoms. The second-order valence-electron chi connectivity index (χ2n) is 16.6. The average Bonchev–Trinajstić information content (AvgIpc) is 3.63. The Hall–Kier alpha value is -4.59. The molecule has 1 unspecified atom stereocenters. The second kappa shape index (κ2) is 16.3. The molecule has 5 heterocycles. The van der Waals surface area contributed by atoms with Gasteiger partial charge in [0.1, 0.15) is 12.1 Å². The van der Waals surface area contributed by atoms with Crippen LogP contribution in [-0.4, -0.2) is 92.5 Å². The number of amides is 3. The monoisotopic (exact) mass is 761 g/mol. The summed E-state index contributed by atoms with van der Waals surface area (Å²) in [5, 5.41) is 15.5. The summed E-state index contributed by atoms with van der Waals surface area (Å²) in [6.45, 7) is 8.94. The maximum absolute atomic E-state index is 13.5. The highest BCUT2D eigenvalue weighted by Gasteiger charge is 2.41. The fraction of sp³-hybridized carbons (Fsp3) is 0.500. The van der Waals surface area contributed by atoms with Gasteiger partial charge in [-0.15, -0.1) is 0 Å². The Labute approximate surface area is 329 Å². The molecule has 5 aliphatic heterocycles. The van der Waals surface area contributed by atoms with Crippen LogP contribution < -0.4 is 20.4 Å². The maximum atomic E-state index is 13.5. The molecular weight excluding hydrogens is 710 g/mol. The zero-order valence-corrected chi connectivity index (χ0v) is 32.4. The van der Waals surface area contributed by atoms with E-state index in [1.807, 2.05) is 41.3 Å². The maximum Gasteiger partial charge on any atom is 0.253 e. The average molecular weight is 762 g/mol. The Morgan fingerprint density at radius 1 is 0.836 bits per heavy atom. The SMILES string of the molecule is N#Cc1ccc(N2CCC3(CCN(c4ccc(C(=O)N5CCC(CN6CCC(c7cccc(NC8CCC(=O)NC8=O)c7)CC6)CC5)cc4)CC3)C2)cc1Cl. The Kier molecular flexibility index (Phi) is 11.0. The number of hydrogen-bond acceptors (Lipinski definition) is 8. The predicted molar refractivity (Wildman–Crippen MR) is 217 cm³/mol. The highest BCUT2D eigenvalue weighted by molar-refractivity contribution is 6.32. The van der Waals surface area contributed by atoms with Crippen molar-refractivity contribution in [2.75, 3.05) is 74.0 Å². The van der Waals surface area contributed by atoms with E-state index >= 15 is 0 Å². The van der Waals surface area contributed by atoms with E-state index in [4.69, 9.17) is 11.6 Å². The van der Waals surface area contributed by atoms with Gasteiger partial charge in [0.05, 0.1) is 10.6 Å². The van der Waals surface area contributed by atoms with Gasteiger partial charge in [0.15, 0.2) is 0 Å². The van der Waals surface area contributed by atoms with Crippen LogP contribution in [0.3, 0.4) is 0 Å². The first-order valence-electron chi connectivity index (χ1n) is 20.3. The number of imide groups is 1. The van der Waals surface area contributed by atoms with E-state index in [1.54, 1.807) is 0 Å². The van der Waals surface area contributed by atoms with Gasteiger partial charge in [-0.1, -0.05) is 23.7 Å². The van der Waals surface area contributed by atoms with Crippen LogP contribution in [0.5, 0.6) is 0 Å². The summed E-state index contributed by atoms with van der Waals surface area (Å²) in [5.74, 6) is 0.815. The molecule has 11 heteroatoms. The van der Waals surface area contributed by atoms with Gasteiger partial charge in [-0.3, -0.25) is 19.7 Å². The van der Waals surface area contributed by atoms with E-state index in [-0.39, 0.29) is 23.8 Å². The van der Waals surface area contributed by atoms with Crippen LogP contribution in [-0.2, 0) is 9.59 Å². The first kappa shape index (κ1) is 37.3. The number of likely N-dealkylation sites (tertiary alicyclic amines) is 2. The Bertz CT molecular complexity index is 1920. The quantitative estimate of drug-likeness (QED) is 0.246. The minimum atomic E-state index is -0.370. The van der Waals surface area contributed by atoms with Crippen LogP contribution in [0, 0.1) is 22.7 Å². The largest absolute Gasteiger partial charge is 0.374 e. The van der Waals surface area contributed by atoms with Crippen LogP contribution in [0.4, 0.5) is 17.1 Å². The molecule has 0 aromatic heterocycles. The Morgan fingerprint density at radius 3 is 2.24 bits per heavy atom. The van der Waals surface area contributed by atoms with Crippen LogP contribution in [0.15, 0.2) is 66.7 Å². The van der Waals surface area contributed by atoms with Crippen LogP contribution in [0.2, 0.25) is 5.02 Å². The lowest BCUT2D eigenvalue weighted by atomic mass is 9.77. The molecule has 0 aliphatic carbocycles. The summed E-state index contributed by atoms with van der Waals surface area (Å²) >= 11 is 6.34. The lowest BCUT2D eigenvalue weighted by molar-refractivity contribution is -0.133. The molecule has 3 amide bonds. The standard InChI is InChI=1S/C44H52ClN7O3/c45-39-27-38(9-6-35(39)28-46)52-25-18-44(30-52)16-23-50(24-17-44)37-7-4-33(5-8-37)43(55)51-21-12-31(13-22-51)29-49-19-14-32(15-20-49)34-2-1-3-36(26-34)47-40-10-11-41(53)48-42(40)54/h1-9,26-27,31-32,40,47H,10-25,29-30H2,(H,48,53,54). The molecule has 1 atom stereocenters. The summed E-state index contributed by atoms with van der Waals surface area (Å²) in [7, 11) is 0. The van der Waals surface area contributed by atoms with Crippen LogP contribution in [0.25, 0.3) is 0 Å². The number of halogens is 1. The van der Waals surface area contributed by atoms with Crippen molar-refractivity contribution in [3.8, 4) is 6.07 Å². The molecule has 8 rings (SSSR count). The van der Waals surface area contributed by atoms with Gasteiger partial charge >= 0.3 is 0 Å². The molecule has 1 spiro atoms. The third-order valence-electron chi connectivity index (χ3n) is 13.1. The molecule has 3 aromatic carbocycles. The molecule has 0 saturated carbocycles. The first-order chi connectivity index (χ1) is 26.7. The lowest BCUT2D eigenvalue weighted by Crippen LogP contribution is -2.47. The molecule has 3 aromatic rings. The Morgan fingerprint density at radius 2 is 1.55 bits per heavy atom. The summed E-state index contributed by atoms with van der Waals surface area (Å²) < 4.78 is 0. The van der Waals surface area contributed by atoms with E-state index in [0.29, 0.717) is 40.7 Å². The summed E-state index contributed by atoms with van der Waals surface area (Å²) in [6, 6.07) is 24.3. The molecule has 10 nitrogen and oxygen atoms in total. The minimum Gasteiger partial charge on any atom is -0.374 e. The zero-order valence-electron chi connectivity index (χ0n) is 31.6. The zero-order chi connectivity index (χ0) is 37.9. The summed E-state index contributed by atoms with van der Waals surface area (Å²) in [4.78, 5) is 46.8. The van der Waals surface area contributed by atoms with Crippen molar-refractivity contribution in [2.24, 2.45) is 11.3 Å². The van der Waals surface area contributed by atoms with Crippen LogP contribution >= 0.6 is 11.6 Å². The summed E-state index contributed by atoms with van der Waals surface area (Å²) in [5.41, 5.74) is 6.15.